The molecule has 0 aliphatic rings. The van der Waals surface area contributed by atoms with Gasteiger partial charge in [-0.15, -0.1) is 0 Å². The zero-order valence-electron chi connectivity index (χ0n) is 13.8. The molecule has 0 saturated carbocycles. The number of amides is 1. The number of nitrogens with zero attached hydrogens (tertiary/aromatic N) is 4. The number of alkyl halides is 3. The Morgan fingerprint density at radius 3 is 2.63 bits per heavy atom. The Balaban J connectivity index is 1.77. The van der Waals surface area contributed by atoms with E-state index in [1.165, 1.54) is 30.1 Å². The number of carbonyl (C=O) groups is 1. The van der Waals surface area contributed by atoms with Crippen molar-refractivity contribution in [3.8, 4) is 0 Å². The van der Waals surface area contributed by atoms with E-state index in [2.05, 4.69) is 15.5 Å². The van der Waals surface area contributed by atoms with Crippen LogP contribution in [0.1, 0.15) is 21.7 Å². The van der Waals surface area contributed by atoms with Crippen LogP contribution in [0.2, 0.25) is 5.02 Å². The summed E-state index contributed by atoms with van der Waals surface area (Å²) in [6.07, 6.45) is -3.26. The molecule has 1 aromatic carbocycles. The fourth-order valence-electron chi connectivity index (χ4n) is 2.38. The van der Waals surface area contributed by atoms with Gasteiger partial charge < -0.3 is 5.32 Å². The Labute approximate surface area is 155 Å². The smallest absolute Gasteiger partial charge is 0.302 e. The van der Waals surface area contributed by atoms with Gasteiger partial charge in [-0.2, -0.15) is 23.4 Å². The van der Waals surface area contributed by atoms with Crippen LogP contribution in [0.3, 0.4) is 0 Å². The first-order valence-corrected chi connectivity index (χ1v) is 7.91. The van der Waals surface area contributed by atoms with E-state index in [4.69, 9.17) is 11.6 Å². The van der Waals surface area contributed by atoms with Gasteiger partial charge in [0.15, 0.2) is 11.5 Å². The molecule has 27 heavy (non-hydrogen) atoms. The monoisotopic (exact) mass is 401 g/mol. The molecule has 142 valence electrons. The first-order chi connectivity index (χ1) is 12.6. The summed E-state index contributed by atoms with van der Waals surface area (Å²) in [5.74, 6) is -1.29. The summed E-state index contributed by atoms with van der Waals surface area (Å²) in [5.41, 5.74) is -0.871. The summed E-state index contributed by atoms with van der Waals surface area (Å²) in [6.45, 7) is 0.192. The SMILES string of the molecule is Cn1nc(C(F)(F)F)cc1C(=O)Nc1nn(Cc2cccc(F)c2)cc1Cl. The van der Waals surface area contributed by atoms with Crippen LogP contribution in [-0.2, 0) is 19.8 Å². The van der Waals surface area contributed by atoms with Crippen LogP contribution in [0, 0.1) is 5.82 Å². The lowest BCUT2D eigenvalue weighted by Crippen LogP contribution is -2.16. The topological polar surface area (TPSA) is 64.7 Å². The highest BCUT2D eigenvalue weighted by Crippen LogP contribution is 2.29. The molecule has 0 aliphatic carbocycles. The van der Waals surface area contributed by atoms with Crippen molar-refractivity contribution in [1.29, 1.82) is 0 Å². The van der Waals surface area contributed by atoms with Crippen LogP contribution >= 0.6 is 11.6 Å². The van der Waals surface area contributed by atoms with Gasteiger partial charge in [0.05, 0.1) is 6.54 Å². The van der Waals surface area contributed by atoms with Crippen LogP contribution in [0.15, 0.2) is 36.5 Å². The Kier molecular flexibility index (Phi) is 4.92. The van der Waals surface area contributed by atoms with Crippen LogP contribution in [-0.4, -0.2) is 25.5 Å². The molecule has 2 aromatic heterocycles. The van der Waals surface area contributed by atoms with E-state index >= 15 is 0 Å². The molecule has 0 radical (unpaired) electrons. The fourth-order valence-corrected chi connectivity index (χ4v) is 2.57. The number of aryl methyl sites for hydroxylation is 1. The van der Waals surface area contributed by atoms with E-state index in [0.29, 0.717) is 11.6 Å². The van der Waals surface area contributed by atoms with Gasteiger partial charge in [-0.3, -0.25) is 14.2 Å². The van der Waals surface area contributed by atoms with Crippen molar-refractivity contribution in [2.45, 2.75) is 12.7 Å². The first-order valence-electron chi connectivity index (χ1n) is 7.53. The number of hydrogen-bond donors (Lipinski definition) is 1. The maximum Gasteiger partial charge on any atom is 0.435 e. The molecule has 1 N–H and O–H groups in total. The van der Waals surface area contributed by atoms with Gasteiger partial charge in [0.1, 0.15) is 16.5 Å². The van der Waals surface area contributed by atoms with Crippen molar-refractivity contribution in [3.63, 3.8) is 0 Å². The average Bonchev–Trinajstić information content (AvgIpc) is 3.10. The van der Waals surface area contributed by atoms with Crippen LogP contribution in [0.4, 0.5) is 23.4 Å². The van der Waals surface area contributed by atoms with E-state index in [1.54, 1.807) is 12.1 Å². The highest BCUT2D eigenvalue weighted by Gasteiger charge is 2.35. The highest BCUT2D eigenvalue weighted by molar-refractivity contribution is 6.33. The number of halogens is 5. The third kappa shape index (κ3) is 4.27. The van der Waals surface area contributed by atoms with Gasteiger partial charge in [0.2, 0.25) is 0 Å². The van der Waals surface area contributed by atoms with Crippen molar-refractivity contribution in [3.05, 3.63) is 64.3 Å². The summed E-state index contributed by atoms with van der Waals surface area (Å²) in [4.78, 5) is 12.2. The quantitative estimate of drug-likeness (QED) is 0.677. The van der Waals surface area contributed by atoms with Crippen molar-refractivity contribution < 1.29 is 22.4 Å². The molecule has 2 heterocycles. The molecule has 0 saturated heterocycles. The third-order valence-electron chi connectivity index (χ3n) is 3.59. The van der Waals surface area contributed by atoms with Gasteiger partial charge in [-0.25, -0.2) is 4.39 Å². The minimum absolute atomic E-state index is 0.0344. The molecular formula is C16H12ClF4N5O. The Bertz CT molecular complexity index is 995. The van der Waals surface area contributed by atoms with E-state index in [0.717, 1.165) is 4.68 Å². The number of hydrogen-bond acceptors (Lipinski definition) is 3. The Morgan fingerprint density at radius 2 is 2.00 bits per heavy atom. The predicted octanol–water partition coefficient (Wildman–Crippen LogP) is 3.73. The zero-order valence-corrected chi connectivity index (χ0v) is 14.5. The number of benzene rings is 1. The predicted molar refractivity (Wildman–Crippen MR) is 88.9 cm³/mol. The first kappa shape index (κ1) is 18.9. The van der Waals surface area contributed by atoms with Crippen molar-refractivity contribution in [1.82, 2.24) is 19.6 Å². The molecule has 3 aromatic rings. The van der Waals surface area contributed by atoms with E-state index in [1.807, 2.05) is 0 Å². The van der Waals surface area contributed by atoms with Crippen molar-refractivity contribution >= 4 is 23.3 Å². The van der Waals surface area contributed by atoms with Crippen LogP contribution < -0.4 is 5.32 Å². The van der Waals surface area contributed by atoms with E-state index < -0.39 is 23.6 Å². The lowest BCUT2D eigenvalue weighted by molar-refractivity contribution is -0.141. The second-order valence-corrected chi connectivity index (χ2v) is 6.05. The number of aromatic nitrogens is 4. The normalized spacial score (nSPS) is 11.6. The summed E-state index contributed by atoms with van der Waals surface area (Å²) in [7, 11) is 1.22. The van der Waals surface area contributed by atoms with E-state index in [9.17, 15) is 22.4 Å². The molecule has 0 bridgehead atoms. The lowest BCUT2D eigenvalue weighted by atomic mass is 10.2. The van der Waals surface area contributed by atoms with Crippen molar-refractivity contribution in [2.75, 3.05) is 5.32 Å². The molecule has 0 fully saturated rings. The molecule has 0 spiro atoms. The summed E-state index contributed by atoms with van der Waals surface area (Å²) in [6, 6.07) is 6.48. The standard InChI is InChI=1S/C16H12ClF4N5O/c1-25-12(6-13(23-25)16(19,20)21)15(27)22-14-11(17)8-26(24-14)7-9-3-2-4-10(18)5-9/h2-6,8H,7H2,1H3,(H,22,24,27). The number of rotatable bonds is 4. The average molecular weight is 402 g/mol. The maximum absolute atomic E-state index is 13.2. The minimum atomic E-state index is -4.67. The largest absolute Gasteiger partial charge is 0.435 e. The second-order valence-electron chi connectivity index (χ2n) is 5.64. The van der Waals surface area contributed by atoms with Crippen LogP contribution in [0.25, 0.3) is 0 Å². The summed E-state index contributed by atoms with van der Waals surface area (Å²) in [5, 5.41) is 9.76. The molecule has 11 heteroatoms. The zero-order chi connectivity index (χ0) is 19.8. The number of nitrogens with one attached hydrogen (secondary N) is 1. The third-order valence-corrected chi connectivity index (χ3v) is 3.86. The molecule has 0 atom stereocenters. The van der Waals surface area contributed by atoms with E-state index in [-0.39, 0.29) is 23.1 Å². The second kappa shape index (κ2) is 7.03. The van der Waals surface area contributed by atoms with Crippen molar-refractivity contribution in [2.24, 2.45) is 7.05 Å². The van der Waals surface area contributed by atoms with Gasteiger partial charge >= 0.3 is 6.18 Å². The number of anilines is 1. The van der Waals surface area contributed by atoms with Crippen LogP contribution in [0.5, 0.6) is 0 Å². The molecule has 3 rings (SSSR count). The summed E-state index contributed by atoms with van der Waals surface area (Å²) < 4.78 is 53.5. The highest BCUT2D eigenvalue weighted by atomic mass is 35.5. The Hall–Kier alpha value is -2.88. The molecule has 6 nitrogen and oxygen atoms in total. The van der Waals surface area contributed by atoms with Gasteiger partial charge in [-0.1, -0.05) is 23.7 Å². The summed E-state index contributed by atoms with van der Waals surface area (Å²) >= 11 is 6.02. The van der Waals surface area contributed by atoms with Gasteiger partial charge in [-0.05, 0) is 17.7 Å². The van der Waals surface area contributed by atoms with Gasteiger partial charge in [0.25, 0.3) is 5.91 Å². The molecule has 1 amide bonds. The van der Waals surface area contributed by atoms with Gasteiger partial charge in [0, 0.05) is 19.3 Å². The minimum Gasteiger partial charge on any atom is -0.302 e. The fraction of sp³-hybridized carbons (Fsp3) is 0.188. The molecule has 0 aliphatic heterocycles. The molecule has 0 unspecified atom stereocenters. The number of carbonyl (C=O) groups excluding carboxylic acids is 1. The lowest BCUT2D eigenvalue weighted by Gasteiger charge is -2.03. The Morgan fingerprint density at radius 1 is 1.26 bits per heavy atom. The maximum atomic E-state index is 13.2. The molecular weight excluding hydrogens is 390 g/mol.